The minimum Gasteiger partial charge on any atom is -0.309 e. The number of nitrogens with one attached hydrogen (secondary N) is 1. The van der Waals surface area contributed by atoms with E-state index in [2.05, 4.69) is 44.8 Å². The van der Waals surface area contributed by atoms with Crippen LogP contribution in [-0.2, 0) is 0 Å². The molecule has 0 amide bonds. The monoisotopic (exact) mass is 329 g/mol. The van der Waals surface area contributed by atoms with Gasteiger partial charge >= 0.3 is 0 Å². The summed E-state index contributed by atoms with van der Waals surface area (Å²) in [7, 11) is 1.96. The Morgan fingerprint density at radius 3 is 2.59 bits per heavy atom. The van der Waals surface area contributed by atoms with Gasteiger partial charge in [-0.05, 0) is 64.1 Å². The van der Waals surface area contributed by atoms with E-state index in [0.717, 1.165) is 14.4 Å². The zero-order chi connectivity index (χ0) is 12.4. The van der Waals surface area contributed by atoms with E-state index in [-0.39, 0.29) is 6.04 Å². The van der Waals surface area contributed by atoms with E-state index in [9.17, 15) is 0 Å². The molecular formula is C13H13BrClNS. The van der Waals surface area contributed by atoms with Crippen LogP contribution in [0.15, 0.2) is 33.4 Å². The van der Waals surface area contributed by atoms with Crippen molar-refractivity contribution in [3.63, 3.8) is 0 Å². The van der Waals surface area contributed by atoms with Gasteiger partial charge < -0.3 is 5.32 Å². The molecule has 0 aliphatic rings. The minimum absolute atomic E-state index is 0.190. The van der Waals surface area contributed by atoms with E-state index >= 15 is 0 Å². The van der Waals surface area contributed by atoms with Crippen LogP contribution >= 0.6 is 38.9 Å². The summed E-state index contributed by atoms with van der Waals surface area (Å²) in [4.78, 5) is 0. The maximum Gasteiger partial charge on any atom is 0.0701 e. The van der Waals surface area contributed by atoms with Gasteiger partial charge in [-0.3, -0.25) is 0 Å². The van der Waals surface area contributed by atoms with Crippen LogP contribution in [0.4, 0.5) is 0 Å². The van der Waals surface area contributed by atoms with Gasteiger partial charge in [0.15, 0.2) is 0 Å². The van der Waals surface area contributed by atoms with Crippen LogP contribution in [0, 0.1) is 6.92 Å². The van der Waals surface area contributed by atoms with Gasteiger partial charge in [0, 0.05) is 5.02 Å². The molecule has 0 aliphatic carbocycles. The normalized spacial score (nSPS) is 12.7. The molecular weight excluding hydrogens is 318 g/mol. The molecule has 0 saturated carbocycles. The van der Waals surface area contributed by atoms with Crippen molar-refractivity contribution in [2.45, 2.75) is 13.0 Å². The lowest BCUT2D eigenvalue weighted by atomic mass is 10.0. The zero-order valence-corrected chi connectivity index (χ0v) is 12.8. The molecule has 0 aliphatic heterocycles. The van der Waals surface area contributed by atoms with Crippen LogP contribution in [-0.4, -0.2) is 7.05 Å². The molecule has 0 bridgehead atoms. The van der Waals surface area contributed by atoms with Crippen molar-refractivity contribution in [3.05, 3.63) is 55.1 Å². The van der Waals surface area contributed by atoms with Gasteiger partial charge in [-0.1, -0.05) is 23.7 Å². The summed E-state index contributed by atoms with van der Waals surface area (Å²) in [5.41, 5.74) is 3.55. The van der Waals surface area contributed by atoms with Gasteiger partial charge in [0.05, 0.1) is 9.83 Å². The Labute approximate surface area is 119 Å². The molecule has 0 spiro atoms. The third kappa shape index (κ3) is 2.91. The molecule has 1 aromatic heterocycles. The Morgan fingerprint density at radius 1 is 1.29 bits per heavy atom. The highest BCUT2D eigenvalue weighted by atomic mass is 79.9. The number of aryl methyl sites for hydroxylation is 1. The Kier molecular flexibility index (Phi) is 4.26. The lowest BCUT2D eigenvalue weighted by molar-refractivity contribution is 0.694. The number of hydrogen-bond donors (Lipinski definition) is 1. The summed E-state index contributed by atoms with van der Waals surface area (Å²) >= 11 is 11.4. The zero-order valence-electron chi connectivity index (χ0n) is 9.63. The fourth-order valence-electron chi connectivity index (χ4n) is 1.79. The smallest absolute Gasteiger partial charge is 0.0701 e. The molecule has 2 rings (SSSR count). The van der Waals surface area contributed by atoms with Gasteiger partial charge in [-0.2, -0.15) is 0 Å². The summed E-state index contributed by atoms with van der Waals surface area (Å²) in [5, 5.41) is 6.29. The predicted molar refractivity (Wildman–Crippen MR) is 79.1 cm³/mol. The molecule has 1 atom stereocenters. The van der Waals surface area contributed by atoms with Crippen molar-refractivity contribution in [2.24, 2.45) is 0 Å². The number of hydrogen-bond acceptors (Lipinski definition) is 2. The van der Waals surface area contributed by atoms with Crippen LogP contribution in [0.5, 0.6) is 0 Å². The van der Waals surface area contributed by atoms with Crippen molar-refractivity contribution in [3.8, 4) is 0 Å². The van der Waals surface area contributed by atoms with Gasteiger partial charge in [0.2, 0.25) is 0 Å². The largest absolute Gasteiger partial charge is 0.309 e. The standard InChI is InChI=1S/C13H13BrClNS/c1-8-3-4-9(5-11(8)15)13(16-2)10-6-12(14)17-7-10/h3-7,13,16H,1-2H3. The first-order valence-corrected chi connectivity index (χ1v) is 7.34. The van der Waals surface area contributed by atoms with Crippen molar-refractivity contribution in [1.82, 2.24) is 5.32 Å². The third-order valence-corrected chi connectivity index (χ3v) is 4.67. The fraction of sp³-hybridized carbons (Fsp3) is 0.231. The molecule has 17 heavy (non-hydrogen) atoms. The first-order valence-electron chi connectivity index (χ1n) is 5.29. The van der Waals surface area contributed by atoms with E-state index in [1.165, 1.54) is 11.1 Å². The highest BCUT2D eigenvalue weighted by Crippen LogP contribution is 2.30. The number of halogens is 2. The van der Waals surface area contributed by atoms with Crippen molar-refractivity contribution >= 4 is 38.9 Å². The number of rotatable bonds is 3. The highest BCUT2D eigenvalue weighted by Gasteiger charge is 2.14. The van der Waals surface area contributed by atoms with Crippen LogP contribution < -0.4 is 5.32 Å². The quantitative estimate of drug-likeness (QED) is 0.854. The topological polar surface area (TPSA) is 12.0 Å². The molecule has 0 radical (unpaired) electrons. The Balaban J connectivity index is 2.38. The summed E-state index contributed by atoms with van der Waals surface area (Å²) in [6, 6.07) is 8.54. The van der Waals surface area contributed by atoms with Crippen molar-refractivity contribution in [2.75, 3.05) is 7.05 Å². The summed E-state index contributed by atoms with van der Waals surface area (Å²) < 4.78 is 1.14. The molecule has 0 saturated heterocycles. The highest BCUT2D eigenvalue weighted by molar-refractivity contribution is 9.11. The number of thiophene rings is 1. The van der Waals surface area contributed by atoms with E-state index in [1.807, 2.05) is 20.0 Å². The second-order valence-electron chi connectivity index (χ2n) is 3.91. The SMILES string of the molecule is CNC(c1csc(Br)c1)c1ccc(C)c(Cl)c1. The fourth-order valence-corrected chi connectivity index (χ4v) is 3.18. The Hall–Kier alpha value is -0.350. The van der Waals surface area contributed by atoms with E-state index < -0.39 is 0 Å². The first-order chi connectivity index (χ1) is 8.11. The molecule has 1 nitrogen and oxygen atoms in total. The van der Waals surface area contributed by atoms with Gasteiger partial charge in [0.25, 0.3) is 0 Å². The third-order valence-electron chi connectivity index (χ3n) is 2.74. The molecule has 2 aromatic rings. The molecule has 1 N–H and O–H groups in total. The van der Waals surface area contributed by atoms with Crippen molar-refractivity contribution < 1.29 is 0 Å². The summed E-state index contributed by atoms with van der Waals surface area (Å²) in [5.74, 6) is 0. The lowest BCUT2D eigenvalue weighted by Crippen LogP contribution is -2.16. The summed E-state index contributed by atoms with van der Waals surface area (Å²) in [6.45, 7) is 2.02. The van der Waals surface area contributed by atoms with Gasteiger partial charge in [-0.25, -0.2) is 0 Å². The van der Waals surface area contributed by atoms with Crippen LogP contribution in [0.1, 0.15) is 22.7 Å². The average molecular weight is 331 g/mol. The average Bonchev–Trinajstić information content (AvgIpc) is 2.71. The second-order valence-corrected chi connectivity index (χ2v) is 6.61. The molecule has 1 unspecified atom stereocenters. The summed E-state index contributed by atoms with van der Waals surface area (Å²) in [6.07, 6.45) is 0. The lowest BCUT2D eigenvalue weighted by Gasteiger charge is -2.16. The molecule has 0 fully saturated rings. The molecule has 4 heteroatoms. The first kappa shape index (κ1) is 13.1. The van der Waals surface area contributed by atoms with E-state index in [0.29, 0.717) is 0 Å². The Morgan fingerprint density at radius 2 is 2.06 bits per heavy atom. The van der Waals surface area contributed by atoms with E-state index in [1.54, 1.807) is 11.3 Å². The predicted octanol–water partition coefficient (Wildman–Crippen LogP) is 4.78. The Bertz CT molecular complexity index is 524. The molecule has 1 aromatic carbocycles. The maximum atomic E-state index is 6.17. The minimum atomic E-state index is 0.190. The molecule has 1 heterocycles. The van der Waals surface area contributed by atoms with Gasteiger partial charge in [-0.15, -0.1) is 11.3 Å². The maximum absolute atomic E-state index is 6.17. The van der Waals surface area contributed by atoms with Crippen LogP contribution in [0.2, 0.25) is 5.02 Å². The molecule has 90 valence electrons. The van der Waals surface area contributed by atoms with Crippen LogP contribution in [0.3, 0.4) is 0 Å². The number of benzene rings is 1. The van der Waals surface area contributed by atoms with Crippen molar-refractivity contribution in [1.29, 1.82) is 0 Å². The van der Waals surface area contributed by atoms with Gasteiger partial charge in [0.1, 0.15) is 0 Å². The van der Waals surface area contributed by atoms with E-state index in [4.69, 9.17) is 11.6 Å². The van der Waals surface area contributed by atoms with Crippen LogP contribution in [0.25, 0.3) is 0 Å². The second kappa shape index (κ2) is 5.53.